The Hall–Kier alpha value is -2.40. The van der Waals surface area contributed by atoms with Gasteiger partial charge < -0.3 is 9.64 Å². The molecule has 1 spiro atoms. The van der Waals surface area contributed by atoms with Gasteiger partial charge in [-0.15, -0.1) is 0 Å². The normalized spacial score (nSPS) is 19.2. The van der Waals surface area contributed by atoms with Gasteiger partial charge in [0.25, 0.3) is 0 Å². The maximum Gasteiger partial charge on any atom is 0.236 e. The molecule has 1 fully saturated rings. The molecule has 2 heterocycles. The standard InChI is InChI=1S/C21H24N2O3/c1-22(2)19(25)14-23-11-9-21(10-12-23)13-18(24)17-8-7-15-5-3-4-6-16(15)20(17)26-21/h3-8H,9-14H2,1-2H3. The molecule has 1 amide bonds. The molecule has 0 saturated carbocycles. The molecule has 5 nitrogen and oxygen atoms in total. The number of amides is 1. The minimum Gasteiger partial charge on any atom is -0.485 e. The summed E-state index contributed by atoms with van der Waals surface area (Å²) in [6, 6.07) is 11.9. The molecule has 2 aliphatic heterocycles. The number of piperidine rings is 1. The molecule has 0 N–H and O–H groups in total. The second-order valence-electron chi connectivity index (χ2n) is 7.61. The van der Waals surface area contributed by atoms with E-state index in [-0.39, 0.29) is 11.7 Å². The van der Waals surface area contributed by atoms with Gasteiger partial charge in [-0.2, -0.15) is 0 Å². The van der Waals surface area contributed by atoms with Crippen LogP contribution in [-0.2, 0) is 4.79 Å². The summed E-state index contributed by atoms with van der Waals surface area (Å²) in [4.78, 5) is 28.5. The van der Waals surface area contributed by atoms with E-state index in [0.29, 0.717) is 18.5 Å². The second kappa shape index (κ2) is 6.40. The number of nitrogens with zero attached hydrogens (tertiary/aromatic N) is 2. The maximum absolute atomic E-state index is 12.8. The largest absolute Gasteiger partial charge is 0.485 e. The van der Waals surface area contributed by atoms with E-state index in [1.165, 1.54) is 0 Å². The number of likely N-dealkylation sites (tertiary alicyclic amines) is 1. The van der Waals surface area contributed by atoms with Crippen molar-refractivity contribution in [3.05, 3.63) is 42.0 Å². The molecule has 0 radical (unpaired) electrons. The molecule has 5 heteroatoms. The number of hydrogen-bond acceptors (Lipinski definition) is 4. The van der Waals surface area contributed by atoms with Gasteiger partial charge in [-0.05, 0) is 11.5 Å². The number of likely N-dealkylation sites (N-methyl/N-ethyl adjacent to an activating group) is 1. The number of Topliss-reactive ketones (excluding diaryl/α,β-unsaturated/α-hetero) is 1. The Morgan fingerprint density at radius 1 is 1.15 bits per heavy atom. The minimum atomic E-state index is -0.439. The molecule has 2 aromatic rings. The average Bonchev–Trinajstić information content (AvgIpc) is 2.63. The van der Waals surface area contributed by atoms with E-state index in [0.717, 1.165) is 42.5 Å². The molecule has 0 aliphatic carbocycles. The van der Waals surface area contributed by atoms with Crippen LogP contribution in [0.25, 0.3) is 10.8 Å². The lowest BCUT2D eigenvalue weighted by Gasteiger charge is -2.44. The highest BCUT2D eigenvalue weighted by Gasteiger charge is 2.43. The fourth-order valence-corrected chi connectivity index (χ4v) is 3.94. The van der Waals surface area contributed by atoms with Crippen molar-refractivity contribution in [3.8, 4) is 5.75 Å². The zero-order chi connectivity index (χ0) is 18.3. The van der Waals surface area contributed by atoms with Crippen LogP contribution in [-0.4, -0.2) is 60.8 Å². The average molecular weight is 352 g/mol. The van der Waals surface area contributed by atoms with Crippen LogP contribution in [0.2, 0.25) is 0 Å². The van der Waals surface area contributed by atoms with Crippen molar-refractivity contribution >= 4 is 22.5 Å². The van der Waals surface area contributed by atoms with Crippen molar-refractivity contribution in [2.45, 2.75) is 24.9 Å². The minimum absolute atomic E-state index is 0.109. The van der Waals surface area contributed by atoms with Gasteiger partial charge in [-0.1, -0.05) is 30.3 Å². The third kappa shape index (κ3) is 2.97. The fourth-order valence-electron chi connectivity index (χ4n) is 3.94. The fraction of sp³-hybridized carbons (Fsp3) is 0.429. The summed E-state index contributed by atoms with van der Waals surface area (Å²) < 4.78 is 6.50. The highest BCUT2D eigenvalue weighted by atomic mass is 16.5. The van der Waals surface area contributed by atoms with Gasteiger partial charge in [0.05, 0.1) is 18.5 Å². The zero-order valence-corrected chi connectivity index (χ0v) is 15.3. The first-order chi connectivity index (χ1) is 12.5. The molecule has 26 heavy (non-hydrogen) atoms. The van der Waals surface area contributed by atoms with Crippen LogP contribution in [0.4, 0.5) is 0 Å². The van der Waals surface area contributed by atoms with Crippen LogP contribution in [0, 0.1) is 0 Å². The first kappa shape index (κ1) is 17.0. The zero-order valence-electron chi connectivity index (χ0n) is 15.3. The number of carbonyl (C=O) groups excluding carboxylic acids is 2. The Bertz CT molecular complexity index is 867. The first-order valence-corrected chi connectivity index (χ1v) is 9.14. The Morgan fingerprint density at radius 3 is 2.62 bits per heavy atom. The van der Waals surface area contributed by atoms with Crippen molar-refractivity contribution in [1.29, 1.82) is 0 Å². The molecule has 2 aliphatic rings. The van der Waals surface area contributed by atoms with Crippen molar-refractivity contribution in [1.82, 2.24) is 9.80 Å². The molecule has 0 atom stereocenters. The van der Waals surface area contributed by atoms with Gasteiger partial charge in [0.1, 0.15) is 11.4 Å². The lowest BCUT2D eigenvalue weighted by atomic mass is 9.82. The second-order valence-corrected chi connectivity index (χ2v) is 7.61. The summed E-state index contributed by atoms with van der Waals surface area (Å²) >= 11 is 0. The smallest absolute Gasteiger partial charge is 0.236 e. The first-order valence-electron chi connectivity index (χ1n) is 9.14. The molecule has 0 aromatic heterocycles. The molecule has 0 unspecified atom stereocenters. The van der Waals surface area contributed by atoms with Gasteiger partial charge >= 0.3 is 0 Å². The molecule has 1 saturated heterocycles. The predicted octanol–water partition coefficient (Wildman–Crippen LogP) is 2.73. The van der Waals surface area contributed by atoms with E-state index < -0.39 is 5.60 Å². The Balaban J connectivity index is 1.57. The number of ether oxygens (including phenoxy) is 1. The van der Waals surface area contributed by atoms with Crippen LogP contribution in [0.5, 0.6) is 5.75 Å². The van der Waals surface area contributed by atoms with Crippen LogP contribution < -0.4 is 4.74 Å². The topological polar surface area (TPSA) is 49.9 Å². The predicted molar refractivity (Wildman–Crippen MR) is 101 cm³/mol. The maximum atomic E-state index is 12.8. The van der Waals surface area contributed by atoms with E-state index in [9.17, 15) is 9.59 Å². The van der Waals surface area contributed by atoms with E-state index in [2.05, 4.69) is 4.90 Å². The summed E-state index contributed by atoms with van der Waals surface area (Å²) in [6.07, 6.45) is 1.96. The van der Waals surface area contributed by atoms with Crippen molar-refractivity contribution in [2.75, 3.05) is 33.7 Å². The number of benzene rings is 2. The van der Waals surface area contributed by atoms with Crippen molar-refractivity contribution < 1.29 is 14.3 Å². The number of rotatable bonds is 2. The third-order valence-corrected chi connectivity index (χ3v) is 5.61. The molecule has 2 aromatic carbocycles. The van der Waals surface area contributed by atoms with Gasteiger partial charge in [-0.3, -0.25) is 14.5 Å². The molecule has 0 bridgehead atoms. The molecule has 4 rings (SSSR count). The van der Waals surface area contributed by atoms with Crippen LogP contribution in [0.3, 0.4) is 0 Å². The highest BCUT2D eigenvalue weighted by Crippen LogP contribution is 2.42. The number of hydrogen-bond donors (Lipinski definition) is 0. The van der Waals surface area contributed by atoms with Gasteiger partial charge in [0.2, 0.25) is 5.91 Å². The summed E-state index contributed by atoms with van der Waals surface area (Å²) in [5, 5.41) is 2.09. The Kier molecular flexibility index (Phi) is 4.19. The third-order valence-electron chi connectivity index (χ3n) is 5.61. The Morgan fingerprint density at radius 2 is 1.88 bits per heavy atom. The number of carbonyl (C=O) groups is 2. The van der Waals surface area contributed by atoms with Gasteiger partial charge in [-0.25, -0.2) is 0 Å². The lowest BCUT2D eigenvalue weighted by Crippen LogP contribution is -2.52. The van der Waals surface area contributed by atoms with Gasteiger partial charge in [0, 0.05) is 45.4 Å². The van der Waals surface area contributed by atoms with E-state index in [1.54, 1.807) is 19.0 Å². The summed E-state index contributed by atoms with van der Waals surface area (Å²) in [6.45, 7) is 1.97. The summed E-state index contributed by atoms with van der Waals surface area (Å²) in [5.74, 6) is 1.00. The monoisotopic (exact) mass is 352 g/mol. The molecule has 136 valence electrons. The van der Waals surface area contributed by atoms with Crippen molar-refractivity contribution in [2.24, 2.45) is 0 Å². The van der Waals surface area contributed by atoms with Crippen molar-refractivity contribution in [3.63, 3.8) is 0 Å². The van der Waals surface area contributed by atoms with E-state index >= 15 is 0 Å². The van der Waals surface area contributed by atoms with Gasteiger partial charge in [0.15, 0.2) is 5.78 Å². The summed E-state index contributed by atoms with van der Waals surface area (Å²) in [5.41, 5.74) is 0.255. The number of fused-ring (bicyclic) bond motifs is 3. The molecular formula is C21H24N2O3. The lowest BCUT2D eigenvalue weighted by molar-refractivity contribution is -0.130. The Labute approximate surface area is 153 Å². The molecular weight excluding hydrogens is 328 g/mol. The van der Waals surface area contributed by atoms with Crippen LogP contribution in [0.15, 0.2) is 36.4 Å². The number of ketones is 1. The van der Waals surface area contributed by atoms with Crippen LogP contribution >= 0.6 is 0 Å². The quantitative estimate of drug-likeness (QED) is 0.834. The summed E-state index contributed by atoms with van der Waals surface area (Å²) in [7, 11) is 3.55. The van der Waals surface area contributed by atoms with E-state index in [4.69, 9.17) is 4.74 Å². The highest BCUT2D eigenvalue weighted by molar-refractivity contribution is 6.06. The van der Waals surface area contributed by atoms with Crippen LogP contribution in [0.1, 0.15) is 29.6 Å². The SMILES string of the molecule is CN(C)C(=O)CN1CCC2(CC1)CC(=O)c1ccc3ccccc3c1O2. The van der Waals surface area contributed by atoms with E-state index in [1.807, 2.05) is 36.4 Å².